The molecule has 0 amide bonds. The highest BCUT2D eigenvalue weighted by atomic mass is 14.5. The second kappa shape index (κ2) is 3.86. The van der Waals surface area contributed by atoms with Crippen LogP contribution in [-0.4, -0.2) is 0 Å². The van der Waals surface area contributed by atoms with E-state index in [0.29, 0.717) is 10.8 Å². The maximum absolute atomic E-state index is 2.48. The SMILES string of the molecule is C/C=C1\CC(C)(C)C2(C)CCC=C(C)C2=C1C. The fraction of sp³-hybridized carbons (Fsp3) is 0.647. The van der Waals surface area contributed by atoms with Crippen LogP contribution in [0, 0.1) is 10.8 Å². The Morgan fingerprint density at radius 2 is 1.82 bits per heavy atom. The summed E-state index contributed by atoms with van der Waals surface area (Å²) in [4.78, 5) is 0. The fourth-order valence-electron chi connectivity index (χ4n) is 3.91. The van der Waals surface area contributed by atoms with Crippen molar-refractivity contribution < 1.29 is 0 Å². The number of hydrogen-bond donors (Lipinski definition) is 0. The van der Waals surface area contributed by atoms with Crippen molar-refractivity contribution in [3.63, 3.8) is 0 Å². The standard InChI is InChI=1S/C17H26/c1-7-14-11-16(4,5)17(6)10-8-9-12(2)15(17)13(14)3/h7,9H,8,10-11H2,1-6H3/b14-7+. The van der Waals surface area contributed by atoms with E-state index >= 15 is 0 Å². The third kappa shape index (κ3) is 1.64. The van der Waals surface area contributed by atoms with Crippen LogP contribution in [0.25, 0.3) is 0 Å². The van der Waals surface area contributed by atoms with E-state index in [1.54, 1.807) is 16.7 Å². The molecule has 0 bridgehead atoms. The molecular formula is C17H26. The van der Waals surface area contributed by atoms with Crippen LogP contribution in [0.4, 0.5) is 0 Å². The van der Waals surface area contributed by atoms with Gasteiger partial charge in [-0.1, -0.05) is 38.5 Å². The summed E-state index contributed by atoms with van der Waals surface area (Å²) in [5.41, 5.74) is 6.98. The Hall–Kier alpha value is -0.780. The largest absolute Gasteiger partial charge is 0.0841 e. The Morgan fingerprint density at radius 3 is 2.41 bits per heavy atom. The zero-order valence-corrected chi connectivity index (χ0v) is 12.3. The predicted octanol–water partition coefficient (Wildman–Crippen LogP) is 5.43. The van der Waals surface area contributed by atoms with Crippen LogP contribution in [0.5, 0.6) is 0 Å². The lowest BCUT2D eigenvalue weighted by Crippen LogP contribution is -2.42. The molecule has 0 radical (unpaired) electrons. The van der Waals surface area contributed by atoms with Gasteiger partial charge in [-0.2, -0.15) is 0 Å². The Morgan fingerprint density at radius 1 is 1.18 bits per heavy atom. The second-order valence-electron chi connectivity index (χ2n) is 6.63. The monoisotopic (exact) mass is 230 g/mol. The van der Waals surface area contributed by atoms with Gasteiger partial charge < -0.3 is 0 Å². The van der Waals surface area contributed by atoms with E-state index in [1.807, 2.05) is 0 Å². The molecule has 0 heteroatoms. The lowest BCUT2D eigenvalue weighted by molar-refractivity contribution is 0.108. The first-order valence-electron chi connectivity index (χ1n) is 6.87. The highest BCUT2D eigenvalue weighted by Crippen LogP contribution is 2.60. The third-order valence-electron chi connectivity index (χ3n) is 5.37. The van der Waals surface area contributed by atoms with E-state index in [1.165, 1.54) is 24.8 Å². The molecule has 0 aliphatic heterocycles. The normalized spacial score (nSPS) is 34.7. The van der Waals surface area contributed by atoms with Gasteiger partial charge in [-0.3, -0.25) is 0 Å². The second-order valence-corrected chi connectivity index (χ2v) is 6.63. The Kier molecular flexibility index (Phi) is 2.88. The van der Waals surface area contributed by atoms with E-state index in [2.05, 4.69) is 53.7 Å². The summed E-state index contributed by atoms with van der Waals surface area (Å²) in [5.74, 6) is 0. The number of hydrogen-bond acceptors (Lipinski definition) is 0. The average molecular weight is 230 g/mol. The zero-order chi connectivity index (χ0) is 12.8. The molecule has 2 aliphatic rings. The predicted molar refractivity (Wildman–Crippen MR) is 76.0 cm³/mol. The first-order valence-corrected chi connectivity index (χ1v) is 6.87. The van der Waals surface area contributed by atoms with E-state index in [9.17, 15) is 0 Å². The van der Waals surface area contributed by atoms with Gasteiger partial charge in [0, 0.05) is 0 Å². The van der Waals surface area contributed by atoms with Crippen LogP contribution >= 0.6 is 0 Å². The van der Waals surface area contributed by atoms with Gasteiger partial charge in [0.05, 0.1) is 0 Å². The molecule has 2 rings (SSSR count). The van der Waals surface area contributed by atoms with Crippen LogP contribution in [0.2, 0.25) is 0 Å². The van der Waals surface area contributed by atoms with E-state index in [4.69, 9.17) is 0 Å². The molecule has 0 aromatic carbocycles. The first-order chi connectivity index (χ1) is 7.83. The smallest absolute Gasteiger partial charge is 0.00128 e. The number of rotatable bonds is 0. The molecule has 0 saturated carbocycles. The topological polar surface area (TPSA) is 0 Å². The third-order valence-corrected chi connectivity index (χ3v) is 5.37. The number of allylic oxidation sites excluding steroid dienone is 6. The molecule has 0 saturated heterocycles. The highest BCUT2D eigenvalue weighted by molar-refractivity contribution is 5.52. The first kappa shape index (κ1) is 12.7. The van der Waals surface area contributed by atoms with Crippen molar-refractivity contribution in [1.82, 2.24) is 0 Å². The van der Waals surface area contributed by atoms with Gasteiger partial charge in [-0.05, 0) is 67.6 Å². The van der Waals surface area contributed by atoms with Gasteiger partial charge in [0.15, 0.2) is 0 Å². The molecule has 0 aromatic heterocycles. The maximum Gasteiger partial charge on any atom is -0.00128 e. The van der Waals surface area contributed by atoms with Crippen LogP contribution in [0.15, 0.2) is 34.4 Å². The van der Waals surface area contributed by atoms with Crippen molar-refractivity contribution >= 4 is 0 Å². The molecule has 1 unspecified atom stereocenters. The fourth-order valence-corrected chi connectivity index (χ4v) is 3.91. The Bertz CT molecular complexity index is 429. The molecule has 0 heterocycles. The lowest BCUT2D eigenvalue weighted by Gasteiger charge is -2.53. The van der Waals surface area contributed by atoms with Gasteiger partial charge in [0.2, 0.25) is 0 Å². The minimum Gasteiger partial charge on any atom is -0.0841 e. The van der Waals surface area contributed by atoms with Crippen molar-refractivity contribution in [3.05, 3.63) is 34.4 Å². The molecule has 0 aromatic rings. The molecule has 0 nitrogen and oxygen atoms in total. The van der Waals surface area contributed by atoms with Crippen LogP contribution in [-0.2, 0) is 0 Å². The van der Waals surface area contributed by atoms with Gasteiger partial charge in [0.25, 0.3) is 0 Å². The molecule has 0 spiro atoms. The Labute approximate surface area is 106 Å². The van der Waals surface area contributed by atoms with Crippen LogP contribution < -0.4 is 0 Å². The Balaban J connectivity index is 2.71. The van der Waals surface area contributed by atoms with E-state index in [-0.39, 0.29) is 0 Å². The molecule has 0 N–H and O–H groups in total. The van der Waals surface area contributed by atoms with Crippen molar-refractivity contribution in [3.8, 4) is 0 Å². The summed E-state index contributed by atoms with van der Waals surface area (Å²) in [7, 11) is 0. The van der Waals surface area contributed by atoms with Crippen LogP contribution in [0.3, 0.4) is 0 Å². The van der Waals surface area contributed by atoms with Gasteiger partial charge in [-0.15, -0.1) is 0 Å². The van der Waals surface area contributed by atoms with Crippen molar-refractivity contribution in [2.45, 2.75) is 60.8 Å². The molecule has 17 heavy (non-hydrogen) atoms. The minimum atomic E-state index is 0.364. The quantitative estimate of drug-likeness (QED) is 0.521. The highest BCUT2D eigenvalue weighted by Gasteiger charge is 2.48. The summed E-state index contributed by atoms with van der Waals surface area (Å²) in [6, 6.07) is 0. The summed E-state index contributed by atoms with van der Waals surface area (Å²) < 4.78 is 0. The maximum atomic E-state index is 2.48. The van der Waals surface area contributed by atoms with Gasteiger partial charge in [0.1, 0.15) is 0 Å². The summed E-state index contributed by atoms with van der Waals surface area (Å²) in [6.45, 7) is 14.2. The van der Waals surface area contributed by atoms with Gasteiger partial charge in [-0.25, -0.2) is 0 Å². The van der Waals surface area contributed by atoms with E-state index < -0.39 is 0 Å². The summed E-state index contributed by atoms with van der Waals surface area (Å²) >= 11 is 0. The van der Waals surface area contributed by atoms with Crippen molar-refractivity contribution in [1.29, 1.82) is 0 Å². The summed E-state index contributed by atoms with van der Waals surface area (Å²) in [5, 5.41) is 0. The summed E-state index contributed by atoms with van der Waals surface area (Å²) in [6.07, 6.45) is 8.51. The van der Waals surface area contributed by atoms with Crippen molar-refractivity contribution in [2.24, 2.45) is 10.8 Å². The van der Waals surface area contributed by atoms with Crippen LogP contribution in [0.1, 0.15) is 60.8 Å². The van der Waals surface area contributed by atoms with Gasteiger partial charge >= 0.3 is 0 Å². The zero-order valence-electron chi connectivity index (χ0n) is 12.3. The average Bonchev–Trinajstić information content (AvgIpc) is 2.23. The molecule has 0 fully saturated rings. The van der Waals surface area contributed by atoms with Crippen molar-refractivity contribution in [2.75, 3.05) is 0 Å². The number of fused-ring (bicyclic) bond motifs is 1. The van der Waals surface area contributed by atoms with E-state index in [0.717, 1.165) is 0 Å². The lowest BCUT2D eigenvalue weighted by atomic mass is 9.51. The molecule has 94 valence electrons. The molecule has 2 aliphatic carbocycles. The molecule has 1 atom stereocenters. The molecular weight excluding hydrogens is 204 g/mol. The minimum absolute atomic E-state index is 0.364.